The van der Waals surface area contributed by atoms with Crippen molar-refractivity contribution in [3.05, 3.63) is 35.6 Å². The van der Waals surface area contributed by atoms with Gasteiger partial charge in [0.1, 0.15) is 11.7 Å². The van der Waals surface area contributed by atoms with Gasteiger partial charge in [-0.2, -0.15) is 5.10 Å². The predicted octanol–water partition coefficient (Wildman–Crippen LogP) is 1.47. The Kier molecular flexibility index (Phi) is 2.11. The van der Waals surface area contributed by atoms with Gasteiger partial charge in [0.25, 0.3) is 0 Å². The number of rotatable bonds is 1. The van der Waals surface area contributed by atoms with E-state index >= 15 is 0 Å². The Morgan fingerprint density at radius 2 is 2.07 bits per heavy atom. The minimum atomic E-state index is -0.219. The highest BCUT2D eigenvalue weighted by Gasteiger charge is 2.23. The smallest absolute Gasteiger partial charge is 0.123 e. The molecule has 1 aromatic rings. The van der Waals surface area contributed by atoms with E-state index < -0.39 is 0 Å². The SMILES string of the molecule is CN1N=C(N)C[C@@H]1c1ccc(F)cc1. The predicted molar refractivity (Wildman–Crippen MR) is 53.1 cm³/mol. The van der Waals surface area contributed by atoms with E-state index in [9.17, 15) is 4.39 Å². The largest absolute Gasteiger partial charge is 0.386 e. The number of nitrogens with zero attached hydrogens (tertiary/aromatic N) is 2. The summed E-state index contributed by atoms with van der Waals surface area (Å²) in [5.74, 6) is 0.408. The molecule has 0 aromatic heterocycles. The summed E-state index contributed by atoms with van der Waals surface area (Å²) in [7, 11) is 1.87. The van der Waals surface area contributed by atoms with Gasteiger partial charge in [0, 0.05) is 13.5 Å². The summed E-state index contributed by atoms with van der Waals surface area (Å²) >= 11 is 0. The fraction of sp³-hybridized carbons (Fsp3) is 0.300. The highest BCUT2D eigenvalue weighted by molar-refractivity contribution is 5.82. The van der Waals surface area contributed by atoms with Gasteiger partial charge in [-0.3, -0.25) is 5.01 Å². The van der Waals surface area contributed by atoms with Crippen LogP contribution in [-0.2, 0) is 0 Å². The summed E-state index contributed by atoms with van der Waals surface area (Å²) < 4.78 is 12.7. The van der Waals surface area contributed by atoms with Crippen molar-refractivity contribution in [2.75, 3.05) is 7.05 Å². The Balaban J connectivity index is 2.21. The van der Waals surface area contributed by atoms with Gasteiger partial charge in [-0.05, 0) is 17.7 Å². The van der Waals surface area contributed by atoms with Gasteiger partial charge in [0.05, 0.1) is 6.04 Å². The molecule has 0 radical (unpaired) electrons. The van der Waals surface area contributed by atoms with Crippen LogP contribution in [0.25, 0.3) is 0 Å². The van der Waals surface area contributed by atoms with Crippen LogP contribution in [0.2, 0.25) is 0 Å². The zero-order chi connectivity index (χ0) is 10.1. The normalized spacial score (nSPS) is 21.1. The summed E-state index contributed by atoms with van der Waals surface area (Å²) in [6, 6.07) is 6.60. The highest BCUT2D eigenvalue weighted by atomic mass is 19.1. The summed E-state index contributed by atoms with van der Waals surface area (Å²) in [6.45, 7) is 0. The fourth-order valence-corrected chi connectivity index (χ4v) is 1.66. The number of nitrogens with two attached hydrogens (primary N) is 1. The van der Waals surface area contributed by atoms with Gasteiger partial charge in [-0.25, -0.2) is 4.39 Å². The second-order valence-electron chi connectivity index (χ2n) is 3.44. The number of benzene rings is 1. The van der Waals surface area contributed by atoms with Crippen LogP contribution in [0, 0.1) is 5.82 Å². The first-order valence-corrected chi connectivity index (χ1v) is 4.48. The minimum absolute atomic E-state index is 0.149. The number of amidine groups is 1. The first-order chi connectivity index (χ1) is 6.66. The summed E-state index contributed by atoms with van der Waals surface area (Å²) in [6.07, 6.45) is 0.710. The molecule has 1 aliphatic rings. The van der Waals surface area contributed by atoms with E-state index in [1.807, 2.05) is 12.1 Å². The molecule has 0 aliphatic carbocycles. The van der Waals surface area contributed by atoms with E-state index in [0.717, 1.165) is 5.56 Å². The van der Waals surface area contributed by atoms with Gasteiger partial charge in [-0.1, -0.05) is 12.1 Å². The molecule has 74 valence electrons. The van der Waals surface area contributed by atoms with Gasteiger partial charge in [0.2, 0.25) is 0 Å². The second kappa shape index (κ2) is 3.29. The molecule has 14 heavy (non-hydrogen) atoms. The number of hydrogen-bond acceptors (Lipinski definition) is 3. The molecule has 0 spiro atoms. The maximum atomic E-state index is 12.7. The Bertz CT molecular complexity index is 358. The molecule has 3 nitrogen and oxygen atoms in total. The number of hydrogen-bond donors (Lipinski definition) is 1. The molecule has 0 saturated carbocycles. The summed E-state index contributed by atoms with van der Waals surface area (Å²) in [5, 5.41) is 5.91. The average Bonchev–Trinajstić information content (AvgIpc) is 2.47. The molecule has 1 atom stereocenters. The van der Waals surface area contributed by atoms with Gasteiger partial charge < -0.3 is 5.73 Å². The molecule has 0 amide bonds. The van der Waals surface area contributed by atoms with Crippen LogP contribution in [0.4, 0.5) is 4.39 Å². The van der Waals surface area contributed by atoms with Crippen LogP contribution in [-0.4, -0.2) is 17.9 Å². The second-order valence-corrected chi connectivity index (χ2v) is 3.44. The molecule has 2 N–H and O–H groups in total. The zero-order valence-electron chi connectivity index (χ0n) is 7.94. The Morgan fingerprint density at radius 3 is 2.57 bits per heavy atom. The van der Waals surface area contributed by atoms with Crippen molar-refractivity contribution in [3.63, 3.8) is 0 Å². The lowest BCUT2D eigenvalue weighted by Crippen LogP contribution is -2.14. The Hall–Kier alpha value is -1.58. The summed E-state index contributed by atoms with van der Waals surface area (Å²) in [5.41, 5.74) is 6.66. The molecule has 0 fully saturated rings. The molecule has 0 bridgehead atoms. The van der Waals surface area contributed by atoms with Crippen LogP contribution in [0.3, 0.4) is 0 Å². The Labute approximate surface area is 82.0 Å². The van der Waals surface area contributed by atoms with Crippen LogP contribution in [0.1, 0.15) is 18.0 Å². The van der Waals surface area contributed by atoms with Gasteiger partial charge in [-0.15, -0.1) is 0 Å². The first kappa shape index (κ1) is 8.99. The van der Waals surface area contributed by atoms with Gasteiger partial charge in [0.15, 0.2) is 0 Å². The molecule has 1 aromatic carbocycles. The van der Waals surface area contributed by atoms with Gasteiger partial charge >= 0.3 is 0 Å². The Morgan fingerprint density at radius 1 is 1.43 bits per heavy atom. The van der Waals surface area contributed by atoms with Crippen LogP contribution in [0.15, 0.2) is 29.4 Å². The van der Waals surface area contributed by atoms with Crippen LogP contribution < -0.4 is 5.73 Å². The molecule has 0 unspecified atom stereocenters. The molecule has 2 rings (SSSR count). The van der Waals surface area contributed by atoms with Crippen molar-refractivity contribution in [2.45, 2.75) is 12.5 Å². The van der Waals surface area contributed by atoms with Crippen LogP contribution in [0.5, 0.6) is 0 Å². The third-order valence-electron chi connectivity index (χ3n) is 2.39. The van der Waals surface area contributed by atoms with E-state index in [1.165, 1.54) is 12.1 Å². The van der Waals surface area contributed by atoms with E-state index in [0.29, 0.717) is 12.3 Å². The van der Waals surface area contributed by atoms with Crippen LogP contribution >= 0.6 is 0 Å². The number of halogens is 1. The lowest BCUT2D eigenvalue weighted by molar-refractivity contribution is 0.289. The molecule has 1 aliphatic heterocycles. The monoisotopic (exact) mass is 193 g/mol. The maximum absolute atomic E-state index is 12.7. The molecule has 1 heterocycles. The standard InChI is InChI=1S/C10H12FN3/c1-14-9(6-10(12)13-14)7-2-4-8(11)5-3-7/h2-5,9H,6H2,1H3,(H2,12,13)/t9-/m1/s1. The molecular weight excluding hydrogens is 181 g/mol. The topological polar surface area (TPSA) is 41.6 Å². The van der Waals surface area contributed by atoms with Crippen molar-refractivity contribution in [1.29, 1.82) is 0 Å². The lowest BCUT2D eigenvalue weighted by atomic mass is 10.0. The molecule has 0 saturated heterocycles. The fourth-order valence-electron chi connectivity index (χ4n) is 1.66. The quantitative estimate of drug-likeness (QED) is 0.733. The van der Waals surface area contributed by atoms with E-state index in [-0.39, 0.29) is 11.9 Å². The minimum Gasteiger partial charge on any atom is -0.386 e. The first-order valence-electron chi connectivity index (χ1n) is 4.48. The van der Waals surface area contributed by atoms with Crippen molar-refractivity contribution in [3.8, 4) is 0 Å². The number of hydrazone groups is 1. The molecular formula is C10H12FN3. The summed E-state index contributed by atoms with van der Waals surface area (Å²) in [4.78, 5) is 0. The van der Waals surface area contributed by atoms with Crippen molar-refractivity contribution in [1.82, 2.24) is 5.01 Å². The van der Waals surface area contributed by atoms with Crippen molar-refractivity contribution in [2.24, 2.45) is 10.8 Å². The van der Waals surface area contributed by atoms with E-state index in [4.69, 9.17) is 5.73 Å². The van der Waals surface area contributed by atoms with Crippen molar-refractivity contribution >= 4 is 5.84 Å². The lowest BCUT2D eigenvalue weighted by Gasteiger charge is -2.18. The zero-order valence-corrected chi connectivity index (χ0v) is 7.94. The maximum Gasteiger partial charge on any atom is 0.123 e. The average molecular weight is 193 g/mol. The van der Waals surface area contributed by atoms with Crippen molar-refractivity contribution < 1.29 is 4.39 Å². The third-order valence-corrected chi connectivity index (χ3v) is 2.39. The highest BCUT2D eigenvalue weighted by Crippen LogP contribution is 2.27. The molecule has 4 heteroatoms. The van der Waals surface area contributed by atoms with E-state index in [2.05, 4.69) is 5.10 Å². The van der Waals surface area contributed by atoms with E-state index in [1.54, 1.807) is 12.1 Å². The third kappa shape index (κ3) is 1.55.